The minimum atomic E-state index is -0.325. The van der Waals surface area contributed by atoms with Gasteiger partial charge >= 0.3 is 0 Å². The lowest BCUT2D eigenvalue weighted by atomic mass is 10.1. The molecule has 1 aromatic heterocycles. The molecule has 0 unspecified atom stereocenters. The molecule has 3 rings (SSSR count). The minimum absolute atomic E-state index is 0.0407. The highest BCUT2D eigenvalue weighted by molar-refractivity contribution is 5.78. The van der Waals surface area contributed by atoms with E-state index < -0.39 is 0 Å². The number of hydrogen-bond donors (Lipinski definition) is 1. The van der Waals surface area contributed by atoms with Crippen molar-refractivity contribution in [3.05, 3.63) is 83.9 Å². The first kappa shape index (κ1) is 17.7. The fourth-order valence-corrected chi connectivity index (χ4v) is 2.80. The predicted molar refractivity (Wildman–Crippen MR) is 101 cm³/mol. The van der Waals surface area contributed by atoms with Crippen LogP contribution in [0, 0.1) is 0 Å². The van der Waals surface area contributed by atoms with Crippen molar-refractivity contribution in [3.8, 4) is 5.75 Å². The first-order chi connectivity index (χ1) is 12.7. The van der Waals surface area contributed by atoms with Crippen LogP contribution in [0.4, 0.5) is 0 Å². The third-order valence-electron chi connectivity index (χ3n) is 4.23. The Morgan fingerprint density at radius 1 is 1.19 bits per heavy atom. The van der Waals surface area contributed by atoms with Crippen LogP contribution in [0.15, 0.2) is 67.0 Å². The molecule has 0 spiro atoms. The van der Waals surface area contributed by atoms with E-state index >= 15 is 0 Å². The number of ether oxygens (including phenoxy) is 1. The summed E-state index contributed by atoms with van der Waals surface area (Å²) in [5.41, 5.74) is 2.15. The molecule has 1 amide bonds. The van der Waals surface area contributed by atoms with Gasteiger partial charge in [-0.1, -0.05) is 49.4 Å². The molecule has 26 heavy (non-hydrogen) atoms. The van der Waals surface area contributed by atoms with Crippen molar-refractivity contribution in [1.82, 2.24) is 14.9 Å². The van der Waals surface area contributed by atoms with Crippen molar-refractivity contribution in [2.24, 2.45) is 7.05 Å². The summed E-state index contributed by atoms with van der Waals surface area (Å²) in [7, 11) is 1.91. The second kappa shape index (κ2) is 8.34. The van der Waals surface area contributed by atoms with E-state index in [2.05, 4.69) is 17.2 Å². The summed E-state index contributed by atoms with van der Waals surface area (Å²) in [5, 5.41) is 3.03. The summed E-state index contributed by atoms with van der Waals surface area (Å²) < 4.78 is 7.56. The maximum atomic E-state index is 12.5. The quantitative estimate of drug-likeness (QED) is 0.712. The molecule has 1 heterocycles. The molecule has 1 atom stereocenters. The molecule has 0 fully saturated rings. The normalized spacial score (nSPS) is 11.8. The highest BCUT2D eigenvalue weighted by atomic mass is 16.5. The van der Waals surface area contributed by atoms with Gasteiger partial charge in [0.05, 0.1) is 0 Å². The molecule has 0 bridgehead atoms. The van der Waals surface area contributed by atoms with Crippen molar-refractivity contribution in [2.75, 3.05) is 6.61 Å². The Kier molecular flexibility index (Phi) is 5.69. The average Bonchev–Trinajstić information content (AvgIpc) is 3.11. The van der Waals surface area contributed by atoms with E-state index in [-0.39, 0.29) is 18.6 Å². The van der Waals surface area contributed by atoms with Gasteiger partial charge in [0.2, 0.25) is 0 Å². The lowest BCUT2D eigenvalue weighted by Crippen LogP contribution is -2.34. The van der Waals surface area contributed by atoms with E-state index in [0.717, 1.165) is 17.8 Å². The van der Waals surface area contributed by atoms with Gasteiger partial charge in [-0.05, 0) is 29.7 Å². The topological polar surface area (TPSA) is 56.1 Å². The Morgan fingerprint density at radius 2 is 2.00 bits per heavy atom. The summed E-state index contributed by atoms with van der Waals surface area (Å²) in [4.78, 5) is 16.9. The number of amides is 1. The van der Waals surface area contributed by atoms with E-state index in [0.29, 0.717) is 5.75 Å². The molecule has 3 aromatic rings. The summed E-state index contributed by atoms with van der Waals surface area (Å²) >= 11 is 0. The number of carbonyl (C=O) groups excluding carboxylic acids is 1. The summed E-state index contributed by atoms with van der Waals surface area (Å²) in [5.74, 6) is 1.29. The van der Waals surface area contributed by atoms with Crippen LogP contribution in [0.2, 0.25) is 0 Å². The van der Waals surface area contributed by atoms with Gasteiger partial charge in [-0.25, -0.2) is 4.98 Å². The molecule has 0 radical (unpaired) electrons. The number of rotatable bonds is 7. The second-order valence-electron chi connectivity index (χ2n) is 6.10. The molecule has 0 aliphatic carbocycles. The van der Waals surface area contributed by atoms with Gasteiger partial charge in [0.25, 0.3) is 5.91 Å². The van der Waals surface area contributed by atoms with Gasteiger partial charge in [0, 0.05) is 19.4 Å². The van der Waals surface area contributed by atoms with Crippen LogP contribution >= 0.6 is 0 Å². The highest BCUT2D eigenvalue weighted by Gasteiger charge is 2.20. The third-order valence-corrected chi connectivity index (χ3v) is 4.23. The maximum Gasteiger partial charge on any atom is 0.258 e. The van der Waals surface area contributed by atoms with Gasteiger partial charge < -0.3 is 14.6 Å². The van der Waals surface area contributed by atoms with Crippen molar-refractivity contribution in [3.63, 3.8) is 0 Å². The fraction of sp³-hybridized carbons (Fsp3) is 0.238. The molecule has 2 aromatic carbocycles. The van der Waals surface area contributed by atoms with Gasteiger partial charge in [-0.3, -0.25) is 4.79 Å². The molecule has 0 aliphatic heterocycles. The molecule has 0 saturated heterocycles. The van der Waals surface area contributed by atoms with E-state index in [1.165, 1.54) is 5.56 Å². The van der Waals surface area contributed by atoms with Crippen molar-refractivity contribution in [2.45, 2.75) is 19.4 Å². The van der Waals surface area contributed by atoms with Crippen LogP contribution in [-0.4, -0.2) is 22.1 Å². The van der Waals surface area contributed by atoms with E-state index in [1.807, 2.05) is 72.4 Å². The van der Waals surface area contributed by atoms with Crippen molar-refractivity contribution < 1.29 is 9.53 Å². The SMILES string of the molecule is CCc1cccc(OCC(=O)N[C@H](c2ccccc2)c2nccn2C)c1. The number of nitrogens with one attached hydrogen (secondary N) is 1. The molecule has 134 valence electrons. The Hall–Kier alpha value is -3.08. The minimum Gasteiger partial charge on any atom is -0.484 e. The summed E-state index contributed by atoms with van der Waals surface area (Å²) in [6, 6.07) is 17.3. The standard InChI is InChI=1S/C21H23N3O2/c1-3-16-8-7-11-18(14-16)26-15-19(25)23-20(17-9-5-4-6-10-17)21-22-12-13-24(21)2/h4-14,20H,3,15H2,1-2H3,(H,23,25)/t20-/m1/s1. The number of benzene rings is 2. The highest BCUT2D eigenvalue weighted by Crippen LogP contribution is 2.20. The van der Waals surface area contributed by atoms with Gasteiger partial charge in [0.1, 0.15) is 17.6 Å². The van der Waals surface area contributed by atoms with Crippen LogP contribution in [0.5, 0.6) is 5.75 Å². The van der Waals surface area contributed by atoms with E-state index in [1.54, 1.807) is 6.20 Å². The third kappa shape index (κ3) is 4.30. The Bertz CT molecular complexity index is 858. The van der Waals surface area contributed by atoms with Crippen molar-refractivity contribution in [1.29, 1.82) is 0 Å². The second-order valence-corrected chi connectivity index (χ2v) is 6.10. The van der Waals surface area contributed by atoms with E-state index in [4.69, 9.17) is 4.74 Å². The van der Waals surface area contributed by atoms with Crippen molar-refractivity contribution >= 4 is 5.91 Å². The zero-order valence-electron chi connectivity index (χ0n) is 15.1. The monoisotopic (exact) mass is 349 g/mol. The zero-order valence-corrected chi connectivity index (χ0v) is 15.1. The Morgan fingerprint density at radius 3 is 2.69 bits per heavy atom. The Labute approximate surface area is 153 Å². The molecular formula is C21H23N3O2. The summed E-state index contributed by atoms with van der Waals surface area (Å²) in [6.07, 6.45) is 4.52. The molecular weight excluding hydrogens is 326 g/mol. The molecule has 1 N–H and O–H groups in total. The number of carbonyl (C=O) groups is 1. The number of aryl methyl sites for hydroxylation is 2. The zero-order chi connectivity index (χ0) is 18.4. The first-order valence-corrected chi connectivity index (χ1v) is 8.70. The number of imidazole rings is 1. The van der Waals surface area contributed by atoms with Crippen LogP contribution in [0.1, 0.15) is 29.9 Å². The number of nitrogens with zero attached hydrogens (tertiary/aromatic N) is 2. The smallest absolute Gasteiger partial charge is 0.258 e. The molecule has 0 saturated carbocycles. The van der Waals surface area contributed by atoms with E-state index in [9.17, 15) is 4.79 Å². The lowest BCUT2D eigenvalue weighted by molar-refractivity contribution is -0.123. The Balaban J connectivity index is 1.70. The average molecular weight is 349 g/mol. The molecule has 0 aliphatic rings. The first-order valence-electron chi connectivity index (χ1n) is 8.70. The van der Waals surface area contributed by atoms with Crippen LogP contribution in [0.25, 0.3) is 0 Å². The van der Waals surface area contributed by atoms with Gasteiger partial charge in [0.15, 0.2) is 6.61 Å². The maximum absolute atomic E-state index is 12.5. The number of aromatic nitrogens is 2. The largest absolute Gasteiger partial charge is 0.484 e. The van der Waals surface area contributed by atoms with Crippen LogP contribution in [0.3, 0.4) is 0 Å². The molecule has 5 heteroatoms. The summed E-state index contributed by atoms with van der Waals surface area (Å²) in [6.45, 7) is 2.05. The van der Waals surface area contributed by atoms with Crippen LogP contribution < -0.4 is 10.1 Å². The fourth-order valence-electron chi connectivity index (χ4n) is 2.80. The number of hydrogen-bond acceptors (Lipinski definition) is 3. The van der Waals surface area contributed by atoms with Crippen LogP contribution in [-0.2, 0) is 18.3 Å². The van der Waals surface area contributed by atoms with Gasteiger partial charge in [-0.2, -0.15) is 0 Å². The molecule has 5 nitrogen and oxygen atoms in total. The lowest BCUT2D eigenvalue weighted by Gasteiger charge is -2.19. The van der Waals surface area contributed by atoms with Gasteiger partial charge in [-0.15, -0.1) is 0 Å². The predicted octanol–water partition coefficient (Wildman–Crippen LogP) is 3.27.